The number of nitrogens with zero attached hydrogens (tertiary/aromatic N) is 1. The quantitative estimate of drug-likeness (QED) is 0.235. The Balaban J connectivity index is 0.000000227. The Morgan fingerprint density at radius 2 is 1.15 bits per heavy atom. The number of hydrogen-bond donors (Lipinski definition) is 1. The SMILES string of the molecule is CN(C1CCCCC1)S(=O)(=O)c1ccc(CBr)cc1.CNC1CCCCC1.O=S(=O)(Cl)c1ccc(CBr)cc1. The van der Waals surface area contributed by atoms with Gasteiger partial charge in [0.05, 0.1) is 9.79 Å². The van der Waals surface area contributed by atoms with Gasteiger partial charge in [0.2, 0.25) is 10.0 Å². The highest BCUT2D eigenvalue weighted by Crippen LogP contribution is 2.26. The zero-order valence-electron chi connectivity index (χ0n) is 22.8. The van der Waals surface area contributed by atoms with Gasteiger partial charge in [-0.15, -0.1) is 0 Å². The summed E-state index contributed by atoms with van der Waals surface area (Å²) in [6.45, 7) is 0. The number of hydrogen-bond acceptors (Lipinski definition) is 5. The molecule has 2 fully saturated rings. The second-order valence-corrected chi connectivity index (χ2v) is 15.6. The zero-order valence-corrected chi connectivity index (χ0v) is 28.4. The highest BCUT2D eigenvalue weighted by Gasteiger charge is 2.28. The maximum absolute atomic E-state index is 12.5. The van der Waals surface area contributed by atoms with E-state index in [9.17, 15) is 16.8 Å². The summed E-state index contributed by atoms with van der Waals surface area (Å²) in [5, 5.41) is 4.75. The lowest BCUT2D eigenvalue weighted by atomic mass is 9.96. The first kappa shape index (κ1) is 34.7. The van der Waals surface area contributed by atoms with Crippen LogP contribution in [0.25, 0.3) is 0 Å². The predicted octanol–water partition coefficient (Wildman–Crippen LogP) is 7.58. The van der Waals surface area contributed by atoms with E-state index in [1.165, 1.54) is 50.7 Å². The number of alkyl halides is 2. The normalized spacial score (nSPS) is 17.1. The van der Waals surface area contributed by atoms with E-state index in [1.54, 1.807) is 35.6 Å². The van der Waals surface area contributed by atoms with Crippen LogP contribution in [0, 0.1) is 0 Å². The fourth-order valence-corrected chi connectivity index (χ4v) is 7.62. The number of benzene rings is 2. The van der Waals surface area contributed by atoms with Crippen LogP contribution in [-0.2, 0) is 29.7 Å². The Labute approximate surface area is 257 Å². The fraction of sp³-hybridized carbons (Fsp3) is 0.571. The molecule has 6 nitrogen and oxygen atoms in total. The molecular weight excluding hydrogens is 688 g/mol. The first-order valence-electron chi connectivity index (χ1n) is 13.4. The Kier molecular flexibility index (Phi) is 15.5. The molecular formula is C28H41Br2ClN2O4S2. The van der Waals surface area contributed by atoms with Crippen LogP contribution in [0.3, 0.4) is 0 Å². The van der Waals surface area contributed by atoms with E-state index in [0.29, 0.717) is 10.2 Å². The molecule has 2 aliphatic carbocycles. The summed E-state index contributed by atoms with van der Waals surface area (Å²) < 4.78 is 48.2. The van der Waals surface area contributed by atoms with Gasteiger partial charge < -0.3 is 5.32 Å². The van der Waals surface area contributed by atoms with Crippen LogP contribution in [-0.4, -0.2) is 47.3 Å². The van der Waals surface area contributed by atoms with Crippen LogP contribution in [0.5, 0.6) is 0 Å². The maximum Gasteiger partial charge on any atom is 0.261 e. The minimum absolute atomic E-state index is 0.133. The Morgan fingerprint density at radius 1 is 0.744 bits per heavy atom. The van der Waals surface area contributed by atoms with Crippen molar-refractivity contribution >= 4 is 61.6 Å². The monoisotopic (exact) mass is 726 g/mol. The fourth-order valence-electron chi connectivity index (χ4n) is 4.69. The summed E-state index contributed by atoms with van der Waals surface area (Å²) in [4.78, 5) is 0.527. The standard InChI is InChI=1S/C14H20BrNO2S.C7H6BrClO2S.C7H15N/c1-16(13-5-3-2-4-6-13)19(17,18)14-9-7-12(11-15)8-10-14;8-5-6-1-3-7(4-2-6)12(9,10)11;1-8-7-5-3-2-4-6-7/h7-10,13H,2-6,11H2,1H3;1-4H,5H2;7-8H,2-6H2,1H3. The van der Waals surface area contributed by atoms with E-state index in [0.717, 1.165) is 48.2 Å². The van der Waals surface area contributed by atoms with E-state index in [1.807, 2.05) is 12.1 Å². The zero-order chi connectivity index (χ0) is 28.9. The number of nitrogens with one attached hydrogen (secondary N) is 1. The van der Waals surface area contributed by atoms with Crippen LogP contribution >= 0.6 is 42.5 Å². The molecule has 1 N–H and O–H groups in total. The van der Waals surface area contributed by atoms with Gasteiger partial charge in [0.15, 0.2) is 0 Å². The van der Waals surface area contributed by atoms with Gasteiger partial charge >= 0.3 is 0 Å². The molecule has 0 radical (unpaired) electrons. The summed E-state index contributed by atoms with van der Waals surface area (Å²) in [6, 6.07) is 14.5. The van der Waals surface area contributed by atoms with Gasteiger partial charge in [0.1, 0.15) is 0 Å². The number of halogens is 3. The van der Waals surface area contributed by atoms with Crippen molar-refractivity contribution in [2.45, 2.75) is 96.7 Å². The van der Waals surface area contributed by atoms with Crippen molar-refractivity contribution in [3.8, 4) is 0 Å². The molecule has 0 saturated heterocycles. The molecule has 39 heavy (non-hydrogen) atoms. The average Bonchev–Trinajstić information content (AvgIpc) is 2.98. The van der Waals surface area contributed by atoms with E-state index < -0.39 is 19.1 Å². The molecule has 2 aliphatic rings. The van der Waals surface area contributed by atoms with Crippen molar-refractivity contribution < 1.29 is 16.8 Å². The molecule has 0 spiro atoms. The topological polar surface area (TPSA) is 83.6 Å². The molecule has 0 atom stereocenters. The minimum Gasteiger partial charge on any atom is -0.317 e. The first-order valence-corrected chi connectivity index (χ1v) is 19.4. The molecule has 0 aromatic heterocycles. The molecule has 4 rings (SSSR count). The van der Waals surface area contributed by atoms with Crippen molar-refractivity contribution in [1.29, 1.82) is 0 Å². The van der Waals surface area contributed by atoms with Gasteiger partial charge in [-0.3, -0.25) is 0 Å². The molecule has 220 valence electrons. The van der Waals surface area contributed by atoms with E-state index >= 15 is 0 Å². The highest BCUT2D eigenvalue weighted by molar-refractivity contribution is 9.08. The lowest BCUT2D eigenvalue weighted by Crippen LogP contribution is -2.38. The highest BCUT2D eigenvalue weighted by atomic mass is 79.9. The van der Waals surface area contributed by atoms with E-state index in [4.69, 9.17) is 10.7 Å². The molecule has 0 amide bonds. The van der Waals surface area contributed by atoms with Gasteiger partial charge in [0.25, 0.3) is 9.05 Å². The molecule has 0 bridgehead atoms. The van der Waals surface area contributed by atoms with Gasteiger partial charge in [-0.1, -0.05) is 94.7 Å². The van der Waals surface area contributed by atoms with Crippen molar-refractivity contribution in [3.05, 3.63) is 59.7 Å². The molecule has 0 heterocycles. The lowest BCUT2D eigenvalue weighted by molar-refractivity contribution is 0.286. The summed E-state index contributed by atoms with van der Waals surface area (Å²) in [5.74, 6) is 0. The molecule has 0 aliphatic heterocycles. The molecule has 2 aromatic rings. The van der Waals surface area contributed by atoms with Gasteiger partial charge in [-0.05, 0) is 68.1 Å². The van der Waals surface area contributed by atoms with Crippen LogP contribution in [0.2, 0.25) is 0 Å². The Bertz CT molecular complexity index is 1180. The third-order valence-electron chi connectivity index (χ3n) is 7.22. The van der Waals surface area contributed by atoms with Gasteiger partial charge in [-0.2, -0.15) is 4.31 Å². The van der Waals surface area contributed by atoms with Gasteiger partial charge in [-0.25, -0.2) is 16.8 Å². The summed E-state index contributed by atoms with van der Waals surface area (Å²) >= 11 is 6.61. The summed E-state index contributed by atoms with van der Waals surface area (Å²) in [7, 11) is 1.98. The van der Waals surface area contributed by atoms with Crippen molar-refractivity contribution in [1.82, 2.24) is 9.62 Å². The largest absolute Gasteiger partial charge is 0.317 e. The van der Waals surface area contributed by atoms with E-state index in [-0.39, 0.29) is 10.9 Å². The van der Waals surface area contributed by atoms with Crippen LogP contribution in [0.4, 0.5) is 0 Å². The van der Waals surface area contributed by atoms with Crippen LogP contribution in [0.15, 0.2) is 58.3 Å². The maximum atomic E-state index is 12.5. The van der Waals surface area contributed by atoms with Crippen LogP contribution < -0.4 is 5.32 Å². The Hall–Kier alpha value is -0.490. The molecule has 0 unspecified atom stereocenters. The summed E-state index contributed by atoms with van der Waals surface area (Å²) in [5.41, 5.74) is 2.10. The molecule has 2 aromatic carbocycles. The average molecular weight is 729 g/mol. The van der Waals surface area contributed by atoms with Crippen molar-refractivity contribution in [2.24, 2.45) is 0 Å². The first-order chi connectivity index (χ1) is 18.5. The third kappa shape index (κ3) is 11.7. The Morgan fingerprint density at radius 3 is 1.51 bits per heavy atom. The predicted molar refractivity (Wildman–Crippen MR) is 169 cm³/mol. The minimum atomic E-state index is -3.57. The second kappa shape index (κ2) is 17.5. The van der Waals surface area contributed by atoms with Crippen molar-refractivity contribution in [3.63, 3.8) is 0 Å². The molecule has 2 saturated carbocycles. The van der Waals surface area contributed by atoms with Gasteiger partial charge in [0, 0.05) is 40.5 Å². The second-order valence-electron chi connectivity index (χ2n) is 9.93. The number of rotatable bonds is 7. The smallest absolute Gasteiger partial charge is 0.261 e. The van der Waals surface area contributed by atoms with Crippen molar-refractivity contribution in [2.75, 3.05) is 14.1 Å². The third-order valence-corrected chi connectivity index (χ3v) is 11.8. The van der Waals surface area contributed by atoms with E-state index in [2.05, 4.69) is 44.2 Å². The number of sulfonamides is 1. The summed E-state index contributed by atoms with van der Waals surface area (Å²) in [6.07, 6.45) is 12.6. The van der Waals surface area contributed by atoms with Crippen LogP contribution in [0.1, 0.15) is 75.3 Å². The molecule has 11 heteroatoms. The lowest BCUT2D eigenvalue weighted by Gasteiger charge is -2.30.